The Hall–Kier alpha value is -0.300. The second-order valence-corrected chi connectivity index (χ2v) is 8.45. The molecular formula is C23H42O. The maximum absolute atomic E-state index is 5.77. The molecule has 2 aliphatic rings. The van der Waals surface area contributed by atoms with E-state index in [1.807, 2.05) is 0 Å². The van der Waals surface area contributed by atoms with Crippen molar-refractivity contribution >= 4 is 0 Å². The summed E-state index contributed by atoms with van der Waals surface area (Å²) in [5, 5.41) is 0. The van der Waals surface area contributed by atoms with Gasteiger partial charge in [-0.1, -0.05) is 38.8 Å². The van der Waals surface area contributed by atoms with Crippen molar-refractivity contribution in [3.8, 4) is 0 Å². The van der Waals surface area contributed by atoms with Crippen LogP contribution >= 0.6 is 0 Å². The minimum absolute atomic E-state index is 0.857. The van der Waals surface area contributed by atoms with Gasteiger partial charge in [0.15, 0.2) is 0 Å². The van der Waals surface area contributed by atoms with Gasteiger partial charge in [0.2, 0.25) is 0 Å². The lowest BCUT2D eigenvalue weighted by Crippen LogP contribution is -2.26. The topological polar surface area (TPSA) is 9.23 Å². The summed E-state index contributed by atoms with van der Waals surface area (Å²) in [6, 6.07) is 0. The first kappa shape index (κ1) is 20.0. The van der Waals surface area contributed by atoms with E-state index in [4.69, 9.17) is 4.74 Å². The molecule has 2 aliphatic carbocycles. The van der Waals surface area contributed by atoms with Crippen molar-refractivity contribution in [1.82, 2.24) is 0 Å². The van der Waals surface area contributed by atoms with Crippen molar-refractivity contribution in [2.75, 3.05) is 13.2 Å². The molecule has 0 aliphatic heterocycles. The van der Waals surface area contributed by atoms with E-state index >= 15 is 0 Å². The molecule has 0 atom stereocenters. The molecule has 0 amide bonds. The molecule has 0 N–H and O–H groups in total. The van der Waals surface area contributed by atoms with Gasteiger partial charge in [0.1, 0.15) is 0 Å². The Labute approximate surface area is 151 Å². The fourth-order valence-corrected chi connectivity index (χ4v) is 4.83. The van der Waals surface area contributed by atoms with Crippen molar-refractivity contribution in [1.29, 1.82) is 0 Å². The lowest BCUT2D eigenvalue weighted by Gasteiger charge is -2.37. The Bertz CT molecular complexity index is 319. The summed E-state index contributed by atoms with van der Waals surface area (Å²) in [5.74, 6) is 3.81. The molecule has 0 spiro atoms. The highest BCUT2D eigenvalue weighted by molar-refractivity contribution is 4.92. The quantitative estimate of drug-likeness (QED) is 0.304. The zero-order valence-electron chi connectivity index (χ0n) is 16.5. The Kier molecular flexibility index (Phi) is 10.1. The van der Waals surface area contributed by atoms with Crippen LogP contribution in [0.3, 0.4) is 0 Å². The number of allylic oxidation sites excluding steroid dienone is 2. The summed E-state index contributed by atoms with van der Waals surface area (Å²) in [4.78, 5) is 0. The molecule has 0 heterocycles. The van der Waals surface area contributed by atoms with Crippen LogP contribution in [-0.4, -0.2) is 13.2 Å². The van der Waals surface area contributed by atoms with Crippen molar-refractivity contribution in [3.05, 3.63) is 12.2 Å². The third-order valence-corrected chi connectivity index (χ3v) is 6.46. The van der Waals surface area contributed by atoms with Crippen molar-refractivity contribution < 1.29 is 4.74 Å². The Morgan fingerprint density at radius 2 is 1.46 bits per heavy atom. The lowest BCUT2D eigenvalue weighted by atomic mass is 9.69. The average molecular weight is 335 g/mol. The van der Waals surface area contributed by atoms with E-state index in [0.717, 1.165) is 43.3 Å². The van der Waals surface area contributed by atoms with E-state index < -0.39 is 0 Å². The molecule has 0 radical (unpaired) electrons. The summed E-state index contributed by atoms with van der Waals surface area (Å²) in [7, 11) is 0. The van der Waals surface area contributed by atoms with E-state index in [9.17, 15) is 0 Å². The summed E-state index contributed by atoms with van der Waals surface area (Å²) in [6.07, 6.45) is 23.3. The molecule has 1 heteroatoms. The van der Waals surface area contributed by atoms with Crippen LogP contribution in [0.25, 0.3) is 0 Å². The van der Waals surface area contributed by atoms with Crippen LogP contribution in [0.1, 0.15) is 97.3 Å². The van der Waals surface area contributed by atoms with Crippen LogP contribution in [0.5, 0.6) is 0 Å². The predicted octanol–water partition coefficient (Wildman–Crippen LogP) is 7.16. The molecule has 2 fully saturated rings. The SMILES string of the molecule is CCCCC/C=C/C1CCC(C2CCC(COCCC)CC2)CC1. The second kappa shape index (κ2) is 12.1. The summed E-state index contributed by atoms with van der Waals surface area (Å²) in [5.41, 5.74) is 0. The van der Waals surface area contributed by atoms with Gasteiger partial charge >= 0.3 is 0 Å². The first-order chi connectivity index (χ1) is 11.8. The van der Waals surface area contributed by atoms with Gasteiger partial charge in [-0.15, -0.1) is 0 Å². The molecule has 24 heavy (non-hydrogen) atoms. The first-order valence-electron chi connectivity index (χ1n) is 11.1. The number of hydrogen-bond donors (Lipinski definition) is 0. The highest BCUT2D eigenvalue weighted by atomic mass is 16.5. The van der Waals surface area contributed by atoms with Gasteiger partial charge in [0.05, 0.1) is 0 Å². The van der Waals surface area contributed by atoms with Gasteiger partial charge in [0.25, 0.3) is 0 Å². The van der Waals surface area contributed by atoms with Crippen molar-refractivity contribution in [3.63, 3.8) is 0 Å². The molecule has 2 saturated carbocycles. The van der Waals surface area contributed by atoms with Gasteiger partial charge in [-0.2, -0.15) is 0 Å². The van der Waals surface area contributed by atoms with Crippen LogP contribution in [0, 0.1) is 23.7 Å². The summed E-state index contributed by atoms with van der Waals surface area (Å²) >= 11 is 0. The molecule has 140 valence electrons. The second-order valence-electron chi connectivity index (χ2n) is 8.45. The summed E-state index contributed by atoms with van der Waals surface area (Å²) < 4.78 is 5.77. The number of rotatable bonds is 10. The molecule has 0 bridgehead atoms. The maximum atomic E-state index is 5.77. The summed E-state index contributed by atoms with van der Waals surface area (Å²) in [6.45, 7) is 6.47. The average Bonchev–Trinajstić information content (AvgIpc) is 2.63. The fourth-order valence-electron chi connectivity index (χ4n) is 4.83. The number of unbranched alkanes of at least 4 members (excludes halogenated alkanes) is 3. The van der Waals surface area contributed by atoms with Crippen LogP contribution < -0.4 is 0 Å². The lowest BCUT2D eigenvalue weighted by molar-refractivity contribution is 0.0662. The molecule has 2 rings (SSSR count). The molecular weight excluding hydrogens is 292 g/mol. The molecule has 0 aromatic rings. The van der Waals surface area contributed by atoms with Crippen LogP contribution in [-0.2, 0) is 4.74 Å². The smallest absolute Gasteiger partial charge is 0.0494 e. The molecule has 0 saturated heterocycles. The monoisotopic (exact) mass is 334 g/mol. The zero-order chi connectivity index (χ0) is 17.0. The molecule has 1 nitrogen and oxygen atoms in total. The van der Waals surface area contributed by atoms with Crippen molar-refractivity contribution in [2.45, 2.75) is 97.3 Å². The first-order valence-corrected chi connectivity index (χ1v) is 11.1. The molecule has 0 aromatic carbocycles. The highest BCUT2D eigenvalue weighted by Gasteiger charge is 2.30. The standard InChI is InChI=1S/C23H42O/c1-3-5-6-7-8-9-20-10-14-22(15-11-20)23-16-12-21(13-17-23)19-24-18-4-2/h8-9,20-23H,3-7,10-19H2,1-2H3/b9-8+. The van der Waals surface area contributed by atoms with E-state index in [0.29, 0.717) is 0 Å². The van der Waals surface area contributed by atoms with E-state index in [1.54, 1.807) is 0 Å². The third kappa shape index (κ3) is 7.30. The van der Waals surface area contributed by atoms with E-state index in [2.05, 4.69) is 26.0 Å². The molecule has 0 unspecified atom stereocenters. The highest BCUT2D eigenvalue weighted by Crippen LogP contribution is 2.41. The minimum Gasteiger partial charge on any atom is -0.381 e. The Balaban J connectivity index is 1.58. The largest absolute Gasteiger partial charge is 0.381 e. The van der Waals surface area contributed by atoms with Crippen molar-refractivity contribution in [2.24, 2.45) is 23.7 Å². The molecule has 0 aromatic heterocycles. The van der Waals surface area contributed by atoms with Gasteiger partial charge in [0, 0.05) is 13.2 Å². The Morgan fingerprint density at radius 3 is 2.08 bits per heavy atom. The van der Waals surface area contributed by atoms with Crippen LogP contribution in [0.15, 0.2) is 12.2 Å². The van der Waals surface area contributed by atoms with Gasteiger partial charge in [-0.3, -0.25) is 0 Å². The fraction of sp³-hybridized carbons (Fsp3) is 0.913. The van der Waals surface area contributed by atoms with Gasteiger partial charge in [-0.25, -0.2) is 0 Å². The van der Waals surface area contributed by atoms with E-state index in [1.165, 1.54) is 77.0 Å². The van der Waals surface area contributed by atoms with Crippen LogP contribution in [0.2, 0.25) is 0 Å². The minimum atomic E-state index is 0.857. The third-order valence-electron chi connectivity index (χ3n) is 6.46. The predicted molar refractivity (Wildman–Crippen MR) is 105 cm³/mol. The number of ether oxygens (including phenoxy) is 1. The normalized spacial score (nSPS) is 31.6. The van der Waals surface area contributed by atoms with Gasteiger partial charge < -0.3 is 4.74 Å². The van der Waals surface area contributed by atoms with Crippen LogP contribution in [0.4, 0.5) is 0 Å². The van der Waals surface area contributed by atoms with Gasteiger partial charge in [-0.05, 0) is 94.3 Å². The maximum Gasteiger partial charge on any atom is 0.0494 e. The van der Waals surface area contributed by atoms with E-state index in [-0.39, 0.29) is 0 Å². The zero-order valence-corrected chi connectivity index (χ0v) is 16.5. The number of hydrogen-bond acceptors (Lipinski definition) is 1. The Morgan fingerprint density at radius 1 is 0.792 bits per heavy atom.